The largest absolute Gasteiger partial charge is 0.497 e. The van der Waals surface area contributed by atoms with Gasteiger partial charge in [0.25, 0.3) is 0 Å². The van der Waals surface area contributed by atoms with E-state index in [1.165, 1.54) is 0 Å². The maximum absolute atomic E-state index is 12.8. The fourth-order valence-corrected chi connectivity index (χ4v) is 3.14. The monoisotopic (exact) mass is 348 g/mol. The van der Waals surface area contributed by atoms with Gasteiger partial charge in [-0.2, -0.15) is 0 Å². The molecule has 2 amide bonds. The second-order valence-corrected chi connectivity index (χ2v) is 6.27. The first kappa shape index (κ1) is 19.2. The summed E-state index contributed by atoms with van der Waals surface area (Å²) in [6.45, 7) is 4.71. The van der Waals surface area contributed by atoms with Gasteiger partial charge in [-0.05, 0) is 31.0 Å². The molecule has 0 bridgehead atoms. The van der Waals surface area contributed by atoms with Gasteiger partial charge in [0, 0.05) is 39.7 Å². The van der Waals surface area contributed by atoms with Gasteiger partial charge in [0.2, 0.25) is 11.8 Å². The van der Waals surface area contributed by atoms with Gasteiger partial charge in [-0.25, -0.2) is 0 Å². The molecule has 0 spiro atoms. The van der Waals surface area contributed by atoms with E-state index < -0.39 is 0 Å². The summed E-state index contributed by atoms with van der Waals surface area (Å²) in [5, 5.41) is 0. The molecule has 6 heteroatoms. The highest BCUT2D eigenvalue weighted by molar-refractivity contribution is 5.83. The van der Waals surface area contributed by atoms with E-state index in [-0.39, 0.29) is 17.7 Å². The van der Waals surface area contributed by atoms with Gasteiger partial charge in [0.05, 0.1) is 19.6 Å². The summed E-state index contributed by atoms with van der Waals surface area (Å²) in [6, 6.07) is 7.69. The number of hydrogen-bond acceptors (Lipinski definition) is 4. The molecule has 1 atom stereocenters. The van der Waals surface area contributed by atoms with Crippen LogP contribution in [0.25, 0.3) is 0 Å². The van der Waals surface area contributed by atoms with Gasteiger partial charge in [-0.1, -0.05) is 12.1 Å². The highest BCUT2D eigenvalue weighted by atomic mass is 16.5. The Morgan fingerprint density at radius 2 is 2.16 bits per heavy atom. The van der Waals surface area contributed by atoms with Crippen molar-refractivity contribution in [2.75, 3.05) is 40.5 Å². The lowest BCUT2D eigenvalue weighted by molar-refractivity contribution is -0.143. The van der Waals surface area contributed by atoms with Gasteiger partial charge in [0.15, 0.2) is 0 Å². The summed E-state index contributed by atoms with van der Waals surface area (Å²) in [6.07, 6.45) is 1.04. The summed E-state index contributed by atoms with van der Waals surface area (Å²) < 4.78 is 10.3. The molecule has 6 nitrogen and oxygen atoms in total. The Hall–Kier alpha value is -2.08. The third-order valence-electron chi connectivity index (χ3n) is 4.62. The fraction of sp³-hybridized carbons (Fsp3) is 0.579. The number of carbonyl (C=O) groups excluding carboxylic acids is 2. The number of likely N-dealkylation sites (tertiary alicyclic amines) is 1. The average Bonchev–Trinajstić information content (AvgIpc) is 2.64. The number of methoxy groups -OCH3 is 2. The number of likely N-dealkylation sites (N-methyl/N-ethyl adjacent to an activating group) is 1. The zero-order chi connectivity index (χ0) is 18.2. The highest BCUT2D eigenvalue weighted by Gasteiger charge is 2.32. The van der Waals surface area contributed by atoms with E-state index in [1.54, 1.807) is 19.1 Å². The van der Waals surface area contributed by atoms with E-state index in [2.05, 4.69) is 0 Å². The third-order valence-corrected chi connectivity index (χ3v) is 4.62. The number of amides is 2. The zero-order valence-corrected chi connectivity index (χ0v) is 15.4. The number of ether oxygens (including phenoxy) is 2. The Bertz CT molecular complexity index is 591. The predicted octanol–water partition coefficient (Wildman–Crippen LogP) is 1.93. The van der Waals surface area contributed by atoms with Crippen LogP contribution in [-0.2, 0) is 20.9 Å². The van der Waals surface area contributed by atoms with Crippen LogP contribution in [0.1, 0.15) is 25.3 Å². The molecule has 25 heavy (non-hydrogen) atoms. The van der Waals surface area contributed by atoms with E-state index in [1.807, 2.05) is 36.1 Å². The lowest BCUT2D eigenvalue weighted by Gasteiger charge is -2.34. The van der Waals surface area contributed by atoms with Crippen LogP contribution < -0.4 is 4.74 Å². The lowest BCUT2D eigenvalue weighted by atomic mass is 9.95. The molecule has 1 saturated heterocycles. The zero-order valence-electron chi connectivity index (χ0n) is 15.4. The van der Waals surface area contributed by atoms with Gasteiger partial charge in [-0.15, -0.1) is 0 Å². The van der Waals surface area contributed by atoms with Crippen molar-refractivity contribution in [2.24, 2.45) is 5.92 Å². The quantitative estimate of drug-likeness (QED) is 0.720. The Balaban J connectivity index is 2.02. The Morgan fingerprint density at radius 3 is 2.84 bits per heavy atom. The van der Waals surface area contributed by atoms with Crippen LogP contribution in [0, 0.1) is 5.92 Å². The molecule has 1 fully saturated rings. The first-order valence-electron chi connectivity index (χ1n) is 8.77. The summed E-state index contributed by atoms with van der Waals surface area (Å²) in [5.41, 5.74) is 1.01. The average molecular weight is 348 g/mol. The molecule has 0 aromatic heterocycles. The van der Waals surface area contributed by atoms with E-state index in [0.29, 0.717) is 45.6 Å². The van der Waals surface area contributed by atoms with Crippen molar-refractivity contribution in [1.82, 2.24) is 9.80 Å². The summed E-state index contributed by atoms with van der Waals surface area (Å²) in [7, 11) is 3.26. The van der Waals surface area contributed by atoms with Crippen LogP contribution in [0.4, 0.5) is 0 Å². The third kappa shape index (κ3) is 5.19. The minimum absolute atomic E-state index is 0.104. The Labute approximate surface area is 149 Å². The number of benzene rings is 1. The summed E-state index contributed by atoms with van der Waals surface area (Å²) in [5.74, 6) is 0.848. The van der Waals surface area contributed by atoms with Crippen molar-refractivity contribution >= 4 is 11.8 Å². The topological polar surface area (TPSA) is 59.1 Å². The lowest BCUT2D eigenvalue weighted by Crippen LogP contribution is -2.47. The van der Waals surface area contributed by atoms with Crippen molar-refractivity contribution < 1.29 is 19.1 Å². The summed E-state index contributed by atoms with van der Waals surface area (Å²) >= 11 is 0. The van der Waals surface area contributed by atoms with Crippen LogP contribution in [0.5, 0.6) is 5.75 Å². The van der Waals surface area contributed by atoms with Gasteiger partial charge < -0.3 is 19.3 Å². The van der Waals surface area contributed by atoms with E-state index in [0.717, 1.165) is 11.3 Å². The minimum Gasteiger partial charge on any atom is -0.497 e. The van der Waals surface area contributed by atoms with Crippen LogP contribution >= 0.6 is 0 Å². The molecular formula is C19H28N2O4. The minimum atomic E-state index is -0.139. The van der Waals surface area contributed by atoms with Crippen molar-refractivity contribution in [3.8, 4) is 5.75 Å². The summed E-state index contributed by atoms with van der Waals surface area (Å²) in [4.78, 5) is 28.6. The van der Waals surface area contributed by atoms with Gasteiger partial charge in [-0.3, -0.25) is 9.59 Å². The SMILES string of the molecule is CCN(CCOC)C(=O)[C@H]1CCC(=O)N(Cc2cccc(OC)c2)C1. The van der Waals surface area contributed by atoms with Gasteiger partial charge >= 0.3 is 0 Å². The normalized spacial score (nSPS) is 17.5. The molecule has 0 N–H and O–H groups in total. The Morgan fingerprint density at radius 1 is 1.36 bits per heavy atom. The number of rotatable bonds is 8. The van der Waals surface area contributed by atoms with Crippen molar-refractivity contribution in [2.45, 2.75) is 26.3 Å². The Kier molecular flexibility index (Phi) is 7.25. The number of hydrogen-bond donors (Lipinski definition) is 0. The molecule has 1 aromatic rings. The first-order chi connectivity index (χ1) is 12.1. The van der Waals surface area contributed by atoms with Gasteiger partial charge in [0.1, 0.15) is 5.75 Å². The maximum atomic E-state index is 12.8. The van der Waals surface area contributed by atoms with E-state index in [9.17, 15) is 9.59 Å². The fourth-order valence-electron chi connectivity index (χ4n) is 3.14. The van der Waals surface area contributed by atoms with E-state index >= 15 is 0 Å². The van der Waals surface area contributed by atoms with E-state index in [4.69, 9.17) is 9.47 Å². The van der Waals surface area contributed by atoms with Crippen LogP contribution in [0.3, 0.4) is 0 Å². The van der Waals surface area contributed by atoms with Crippen LogP contribution in [0.15, 0.2) is 24.3 Å². The first-order valence-corrected chi connectivity index (χ1v) is 8.77. The van der Waals surface area contributed by atoms with Crippen molar-refractivity contribution in [3.05, 3.63) is 29.8 Å². The predicted molar refractivity (Wildman–Crippen MR) is 95.3 cm³/mol. The molecule has 138 valence electrons. The molecule has 0 unspecified atom stereocenters. The number of nitrogens with zero attached hydrogens (tertiary/aromatic N) is 2. The molecule has 1 aliphatic rings. The number of piperidine rings is 1. The second kappa shape index (κ2) is 9.42. The highest BCUT2D eigenvalue weighted by Crippen LogP contribution is 2.23. The molecule has 0 saturated carbocycles. The molecule has 0 radical (unpaired) electrons. The number of carbonyl (C=O) groups is 2. The molecule has 0 aliphatic carbocycles. The van der Waals surface area contributed by atoms with Crippen molar-refractivity contribution in [1.29, 1.82) is 0 Å². The molecule has 1 aromatic carbocycles. The van der Waals surface area contributed by atoms with Crippen molar-refractivity contribution in [3.63, 3.8) is 0 Å². The smallest absolute Gasteiger partial charge is 0.227 e. The van der Waals surface area contributed by atoms with Crippen LogP contribution in [0.2, 0.25) is 0 Å². The molecular weight excluding hydrogens is 320 g/mol. The molecule has 1 aliphatic heterocycles. The van der Waals surface area contributed by atoms with Crippen LogP contribution in [-0.4, -0.2) is 62.1 Å². The second-order valence-electron chi connectivity index (χ2n) is 6.27. The molecule has 2 rings (SSSR count). The maximum Gasteiger partial charge on any atom is 0.227 e. The standard InChI is InChI=1S/C19H28N2O4/c1-4-20(10-11-24-2)19(23)16-8-9-18(22)21(14-16)13-15-6-5-7-17(12-15)25-3/h5-7,12,16H,4,8-11,13-14H2,1-3H3/t16-/m0/s1. The molecule has 1 heterocycles.